The number of hydrogen-bond acceptors (Lipinski definition) is 4. The standard InChI is InChI=1S/C9H11NO3S.ClH/c1-14(11,12)6-2-3-9-7(4-6)8(10)5-13-9;/h2-4,8H,5,10H2,1H3;1H. The minimum Gasteiger partial charge on any atom is -0.491 e. The van der Waals surface area contributed by atoms with Crippen LogP contribution in [-0.4, -0.2) is 21.3 Å². The maximum absolute atomic E-state index is 11.3. The van der Waals surface area contributed by atoms with E-state index in [1.54, 1.807) is 12.1 Å². The Kier molecular flexibility index (Phi) is 3.28. The quantitative estimate of drug-likeness (QED) is 0.803. The average molecular weight is 250 g/mol. The smallest absolute Gasteiger partial charge is 0.175 e. The molecule has 1 aromatic carbocycles. The lowest BCUT2D eigenvalue weighted by atomic mass is 10.1. The summed E-state index contributed by atoms with van der Waals surface area (Å²) >= 11 is 0. The Morgan fingerprint density at radius 2 is 2.13 bits per heavy atom. The van der Waals surface area contributed by atoms with Crippen molar-refractivity contribution in [2.45, 2.75) is 10.9 Å². The molecule has 0 saturated heterocycles. The molecule has 0 fully saturated rings. The van der Waals surface area contributed by atoms with E-state index in [1.165, 1.54) is 12.3 Å². The molecule has 2 rings (SSSR count). The Hall–Kier alpha value is -0.780. The Morgan fingerprint density at radius 1 is 1.47 bits per heavy atom. The summed E-state index contributed by atoms with van der Waals surface area (Å²) in [5, 5.41) is 0. The van der Waals surface area contributed by atoms with E-state index in [1.807, 2.05) is 0 Å². The van der Waals surface area contributed by atoms with Gasteiger partial charge in [0, 0.05) is 11.8 Å². The first-order valence-electron chi connectivity index (χ1n) is 4.21. The van der Waals surface area contributed by atoms with E-state index in [0.717, 1.165) is 5.56 Å². The van der Waals surface area contributed by atoms with Crippen molar-refractivity contribution in [2.75, 3.05) is 12.9 Å². The molecule has 0 aliphatic carbocycles. The number of halogens is 1. The molecule has 0 saturated carbocycles. The molecule has 15 heavy (non-hydrogen) atoms. The van der Waals surface area contributed by atoms with Gasteiger partial charge in [-0.25, -0.2) is 8.42 Å². The Labute approximate surface area is 94.8 Å². The van der Waals surface area contributed by atoms with Crippen LogP contribution in [0, 0.1) is 0 Å². The number of nitrogens with two attached hydrogens (primary N) is 1. The van der Waals surface area contributed by atoms with Gasteiger partial charge >= 0.3 is 0 Å². The fraction of sp³-hybridized carbons (Fsp3) is 0.333. The van der Waals surface area contributed by atoms with Crippen molar-refractivity contribution in [3.8, 4) is 5.75 Å². The molecule has 0 spiro atoms. The van der Waals surface area contributed by atoms with Crippen molar-refractivity contribution in [2.24, 2.45) is 5.73 Å². The van der Waals surface area contributed by atoms with E-state index < -0.39 is 9.84 Å². The molecule has 84 valence electrons. The Balaban J connectivity index is 0.00000112. The van der Waals surface area contributed by atoms with Crippen LogP contribution >= 0.6 is 12.4 Å². The number of fused-ring (bicyclic) bond motifs is 1. The molecule has 6 heteroatoms. The van der Waals surface area contributed by atoms with Crippen molar-refractivity contribution in [3.63, 3.8) is 0 Å². The van der Waals surface area contributed by atoms with E-state index in [-0.39, 0.29) is 23.3 Å². The molecular formula is C9H12ClNO3S. The molecule has 1 aliphatic rings. The van der Waals surface area contributed by atoms with Gasteiger partial charge in [-0.1, -0.05) is 0 Å². The fourth-order valence-corrected chi connectivity index (χ4v) is 2.10. The molecular weight excluding hydrogens is 238 g/mol. The number of ether oxygens (including phenoxy) is 1. The summed E-state index contributed by atoms with van der Waals surface area (Å²) in [4.78, 5) is 0.289. The Morgan fingerprint density at radius 3 is 2.73 bits per heavy atom. The molecule has 2 N–H and O–H groups in total. The molecule has 1 heterocycles. The van der Waals surface area contributed by atoms with Crippen LogP contribution in [0.15, 0.2) is 23.1 Å². The van der Waals surface area contributed by atoms with Crippen LogP contribution in [0.3, 0.4) is 0 Å². The van der Waals surface area contributed by atoms with Crippen LogP contribution in [0.2, 0.25) is 0 Å². The number of rotatable bonds is 1. The van der Waals surface area contributed by atoms with Crippen LogP contribution in [-0.2, 0) is 9.84 Å². The third-order valence-corrected chi connectivity index (χ3v) is 3.34. The lowest BCUT2D eigenvalue weighted by Crippen LogP contribution is -2.11. The maximum atomic E-state index is 11.3. The third-order valence-electron chi connectivity index (χ3n) is 2.23. The predicted molar refractivity (Wildman–Crippen MR) is 59.2 cm³/mol. The molecule has 0 amide bonds. The normalized spacial score (nSPS) is 18.9. The van der Waals surface area contributed by atoms with Gasteiger partial charge in [-0.15, -0.1) is 12.4 Å². The zero-order chi connectivity index (χ0) is 10.3. The number of hydrogen-bond donors (Lipinski definition) is 1. The van der Waals surface area contributed by atoms with Crippen molar-refractivity contribution < 1.29 is 13.2 Å². The fourth-order valence-electron chi connectivity index (χ4n) is 1.45. The molecule has 0 bridgehead atoms. The van der Waals surface area contributed by atoms with Crippen molar-refractivity contribution >= 4 is 22.2 Å². The monoisotopic (exact) mass is 249 g/mol. The number of benzene rings is 1. The lowest BCUT2D eigenvalue weighted by molar-refractivity contribution is 0.333. The van der Waals surface area contributed by atoms with Gasteiger partial charge in [0.1, 0.15) is 12.4 Å². The van der Waals surface area contributed by atoms with Gasteiger partial charge in [0.05, 0.1) is 10.9 Å². The van der Waals surface area contributed by atoms with Crippen LogP contribution in [0.1, 0.15) is 11.6 Å². The first-order chi connectivity index (χ1) is 6.48. The average Bonchev–Trinajstić information content (AvgIpc) is 2.46. The lowest BCUT2D eigenvalue weighted by Gasteiger charge is -2.03. The zero-order valence-electron chi connectivity index (χ0n) is 8.14. The van der Waals surface area contributed by atoms with Gasteiger partial charge in [0.25, 0.3) is 0 Å². The van der Waals surface area contributed by atoms with Gasteiger partial charge in [0.15, 0.2) is 9.84 Å². The first kappa shape index (κ1) is 12.3. The first-order valence-corrected chi connectivity index (χ1v) is 6.10. The van der Waals surface area contributed by atoms with Crippen molar-refractivity contribution in [1.29, 1.82) is 0 Å². The number of sulfone groups is 1. The van der Waals surface area contributed by atoms with Gasteiger partial charge in [-0.3, -0.25) is 0 Å². The molecule has 0 radical (unpaired) electrons. The summed E-state index contributed by atoms with van der Waals surface area (Å²) in [5.41, 5.74) is 6.51. The summed E-state index contributed by atoms with van der Waals surface area (Å²) in [5.74, 6) is 0.685. The second-order valence-corrected chi connectivity index (χ2v) is 5.41. The summed E-state index contributed by atoms with van der Waals surface area (Å²) in [6, 6.07) is 4.55. The topological polar surface area (TPSA) is 69.4 Å². The van der Waals surface area contributed by atoms with E-state index in [4.69, 9.17) is 10.5 Å². The van der Waals surface area contributed by atoms with Crippen LogP contribution in [0.25, 0.3) is 0 Å². The Bertz CT molecular complexity index is 472. The van der Waals surface area contributed by atoms with Crippen LogP contribution in [0.5, 0.6) is 5.75 Å². The highest BCUT2D eigenvalue weighted by molar-refractivity contribution is 7.90. The van der Waals surface area contributed by atoms with Gasteiger partial charge in [0.2, 0.25) is 0 Å². The van der Waals surface area contributed by atoms with E-state index in [0.29, 0.717) is 12.4 Å². The molecule has 1 aliphatic heterocycles. The van der Waals surface area contributed by atoms with Crippen LogP contribution in [0.4, 0.5) is 0 Å². The highest BCUT2D eigenvalue weighted by atomic mass is 35.5. The summed E-state index contributed by atoms with van der Waals surface area (Å²) in [6.45, 7) is 0.419. The summed E-state index contributed by atoms with van der Waals surface area (Å²) in [6.07, 6.45) is 1.18. The SMILES string of the molecule is CS(=O)(=O)c1ccc2c(c1)C(N)CO2.Cl. The maximum Gasteiger partial charge on any atom is 0.175 e. The predicted octanol–water partition coefficient (Wildman–Crippen LogP) is 0.904. The largest absolute Gasteiger partial charge is 0.491 e. The van der Waals surface area contributed by atoms with E-state index in [9.17, 15) is 8.42 Å². The minimum absolute atomic E-state index is 0. The molecule has 1 atom stereocenters. The molecule has 1 aromatic rings. The minimum atomic E-state index is -3.16. The molecule has 4 nitrogen and oxygen atoms in total. The van der Waals surface area contributed by atoms with E-state index >= 15 is 0 Å². The molecule has 1 unspecified atom stereocenters. The highest BCUT2D eigenvalue weighted by Crippen LogP contribution is 2.32. The zero-order valence-corrected chi connectivity index (χ0v) is 9.77. The van der Waals surface area contributed by atoms with Crippen LogP contribution < -0.4 is 10.5 Å². The van der Waals surface area contributed by atoms with Gasteiger partial charge < -0.3 is 10.5 Å². The summed E-state index contributed by atoms with van der Waals surface area (Å²) < 4.78 is 27.8. The van der Waals surface area contributed by atoms with E-state index in [2.05, 4.69) is 0 Å². The highest BCUT2D eigenvalue weighted by Gasteiger charge is 2.22. The van der Waals surface area contributed by atoms with Crippen molar-refractivity contribution in [3.05, 3.63) is 23.8 Å². The molecule has 0 aromatic heterocycles. The second-order valence-electron chi connectivity index (χ2n) is 3.39. The van der Waals surface area contributed by atoms with Gasteiger partial charge in [-0.2, -0.15) is 0 Å². The third kappa shape index (κ3) is 2.25. The second kappa shape index (κ2) is 4.00. The van der Waals surface area contributed by atoms with Crippen molar-refractivity contribution in [1.82, 2.24) is 0 Å². The summed E-state index contributed by atoms with van der Waals surface area (Å²) in [7, 11) is -3.16. The van der Waals surface area contributed by atoms with Gasteiger partial charge in [-0.05, 0) is 18.2 Å².